The summed E-state index contributed by atoms with van der Waals surface area (Å²) in [6.07, 6.45) is 1.00. The van der Waals surface area contributed by atoms with Crippen LogP contribution in [0.15, 0.2) is 53.4 Å². The fourth-order valence-corrected chi connectivity index (χ4v) is 3.61. The van der Waals surface area contributed by atoms with Gasteiger partial charge in [-0.05, 0) is 30.2 Å². The van der Waals surface area contributed by atoms with Gasteiger partial charge in [0.15, 0.2) is 4.90 Å². The maximum absolute atomic E-state index is 12.4. The molecular formula is C15H15NOS. The van der Waals surface area contributed by atoms with E-state index in [2.05, 4.69) is 25.1 Å². The summed E-state index contributed by atoms with van der Waals surface area (Å²) in [5.74, 6) is 0. The first-order valence-electron chi connectivity index (χ1n) is 6.16. The summed E-state index contributed by atoms with van der Waals surface area (Å²) in [5.41, 5.74) is 3.49. The number of hydrogen-bond acceptors (Lipinski definition) is 2. The highest BCUT2D eigenvalue weighted by atomic mass is 32.2. The van der Waals surface area contributed by atoms with Gasteiger partial charge in [0.1, 0.15) is 11.4 Å². The van der Waals surface area contributed by atoms with Crippen molar-refractivity contribution >= 4 is 17.0 Å². The molecule has 1 atom stereocenters. The van der Waals surface area contributed by atoms with Crippen LogP contribution < -0.4 is 4.31 Å². The van der Waals surface area contributed by atoms with E-state index in [1.165, 1.54) is 5.56 Å². The van der Waals surface area contributed by atoms with Crippen LogP contribution in [0.2, 0.25) is 0 Å². The molecule has 0 radical (unpaired) electrons. The van der Waals surface area contributed by atoms with Crippen molar-refractivity contribution in [2.75, 3.05) is 4.31 Å². The fraction of sp³-hybridized carbons (Fsp3) is 0.200. The lowest BCUT2D eigenvalue weighted by molar-refractivity contribution is 0.595. The Kier molecular flexibility index (Phi) is 3.02. The number of hydrogen-bond donors (Lipinski definition) is 0. The number of fused-ring (bicyclic) bond motifs is 1. The Morgan fingerprint density at radius 2 is 2.00 bits per heavy atom. The highest BCUT2D eigenvalue weighted by molar-refractivity contribution is 7.93. The van der Waals surface area contributed by atoms with E-state index < -0.39 is 11.4 Å². The summed E-state index contributed by atoms with van der Waals surface area (Å²) < 4.78 is 14.4. The summed E-state index contributed by atoms with van der Waals surface area (Å²) in [4.78, 5) is 0.944. The van der Waals surface area contributed by atoms with Crippen molar-refractivity contribution in [2.45, 2.75) is 24.8 Å². The van der Waals surface area contributed by atoms with Crippen LogP contribution in [-0.2, 0) is 24.3 Å². The lowest BCUT2D eigenvalue weighted by Crippen LogP contribution is -2.23. The van der Waals surface area contributed by atoms with Gasteiger partial charge in [-0.25, -0.2) is 0 Å². The molecule has 1 aliphatic heterocycles. The highest BCUT2D eigenvalue weighted by Gasteiger charge is 2.33. The van der Waals surface area contributed by atoms with Crippen LogP contribution in [0.25, 0.3) is 0 Å². The standard InChI is InChI=1S/C15H15NOS/c1-2-12-6-5-8-14(10-12)16-11-13-7-3-4-9-15(13)18(16)17/h3-10H,2,11H2,1H3. The van der Waals surface area contributed by atoms with E-state index in [0.29, 0.717) is 0 Å². The SMILES string of the molecule is CCc1cccc(N2Cc3ccccc3[S+]2[O-])c1. The van der Waals surface area contributed by atoms with Crippen molar-refractivity contribution in [1.29, 1.82) is 0 Å². The lowest BCUT2D eigenvalue weighted by Gasteiger charge is -2.19. The zero-order valence-corrected chi connectivity index (χ0v) is 11.1. The molecular weight excluding hydrogens is 242 g/mol. The van der Waals surface area contributed by atoms with Gasteiger partial charge < -0.3 is 4.55 Å². The minimum Gasteiger partial charge on any atom is -0.588 e. The van der Waals surface area contributed by atoms with Crippen LogP contribution >= 0.6 is 0 Å². The highest BCUT2D eigenvalue weighted by Crippen LogP contribution is 2.34. The Bertz CT molecular complexity index is 570. The quantitative estimate of drug-likeness (QED) is 0.772. The van der Waals surface area contributed by atoms with Gasteiger partial charge in [0.25, 0.3) is 0 Å². The van der Waals surface area contributed by atoms with E-state index >= 15 is 0 Å². The van der Waals surface area contributed by atoms with Gasteiger partial charge in [-0.1, -0.05) is 37.3 Å². The number of anilines is 1. The molecule has 0 aliphatic carbocycles. The molecule has 0 fully saturated rings. The molecule has 92 valence electrons. The van der Waals surface area contributed by atoms with Gasteiger partial charge in [0.05, 0.1) is 12.2 Å². The fourth-order valence-electron chi connectivity index (χ4n) is 2.26. The number of nitrogens with zero attached hydrogens (tertiary/aromatic N) is 1. The smallest absolute Gasteiger partial charge is 0.185 e. The second-order valence-corrected chi connectivity index (χ2v) is 5.80. The molecule has 0 amide bonds. The molecule has 1 aliphatic rings. The molecule has 0 spiro atoms. The molecule has 0 saturated carbocycles. The Balaban J connectivity index is 1.96. The van der Waals surface area contributed by atoms with Crippen molar-refractivity contribution in [3.05, 3.63) is 59.7 Å². The lowest BCUT2D eigenvalue weighted by atomic mass is 10.1. The molecule has 0 aromatic heterocycles. The van der Waals surface area contributed by atoms with Crippen LogP contribution in [0.1, 0.15) is 18.1 Å². The van der Waals surface area contributed by atoms with Crippen molar-refractivity contribution in [3.8, 4) is 0 Å². The molecule has 3 rings (SSSR count). The predicted octanol–water partition coefficient (Wildman–Crippen LogP) is 3.29. The Hall–Kier alpha value is -1.45. The van der Waals surface area contributed by atoms with E-state index in [0.717, 1.165) is 29.1 Å². The van der Waals surface area contributed by atoms with Gasteiger partial charge >= 0.3 is 0 Å². The van der Waals surface area contributed by atoms with Crippen molar-refractivity contribution in [2.24, 2.45) is 0 Å². The van der Waals surface area contributed by atoms with Crippen LogP contribution in [0, 0.1) is 0 Å². The molecule has 18 heavy (non-hydrogen) atoms. The predicted molar refractivity (Wildman–Crippen MR) is 74.9 cm³/mol. The largest absolute Gasteiger partial charge is 0.588 e. The molecule has 1 heterocycles. The van der Waals surface area contributed by atoms with Crippen LogP contribution in [0.4, 0.5) is 5.69 Å². The first-order valence-corrected chi connectivity index (χ1v) is 7.26. The maximum atomic E-state index is 12.4. The summed E-state index contributed by atoms with van der Waals surface area (Å²) in [6.45, 7) is 2.87. The van der Waals surface area contributed by atoms with E-state index in [-0.39, 0.29) is 0 Å². The molecule has 2 nitrogen and oxygen atoms in total. The molecule has 2 aromatic rings. The average molecular weight is 257 g/mol. The Labute approximate surface area is 111 Å². The third-order valence-electron chi connectivity index (χ3n) is 3.28. The second-order valence-electron chi connectivity index (χ2n) is 4.42. The topological polar surface area (TPSA) is 26.3 Å². The Morgan fingerprint density at radius 1 is 1.17 bits per heavy atom. The van der Waals surface area contributed by atoms with Crippen molar-refractivity contribution in [1.82, 2.24) is 0 Å². The third kappa shape index (κ3) is 1.89. The minimum absolute atomic E-state index is 0.732. The molecule has 1 unspecified atom stereocenters. The summed E-state index contributed by atoms with van der Waals surface area (Å²) >= 11 is -1.06. The number of rotatable bonds is 2. The van der Waals surface area contributed by atoms with Gasteiger partial charge in [0, 0.05) is 5.56 Å². The van der Waals surface area contributed by atoms with Gasteiger partial charge in [-0.3, -0.25) is 0 Å². The van der Waals surface area contributed by atoms with E-state index in [1.807, 2.05) is 34.6 Å². The molecule has 3 heteroatoms. The first kappa shape index (κ1) is 11.6. The monoisotopic (exact) mass is 257 g/mol. The molecule has 2 aromatic carbocycles. The zero-order chi connectivity index (χ0) is 12.5. The minimum atomic E-state index is -1.06. The van der Waals surface area contributed by atoms with Crippen LogP contribution in [0.3, 0.4) is 0 Å². The molecule has 0 saturated heterocycles. The van der Waals surface area contributed by atoms with E-state index in [9.17, 15) is 4.55 Å². The van der Waals surface area contributed by atoms with Crippen molar-refractivity contribution in [3.63, 3.8) is 0 Å². The second kappa shape index (κ2) is 4.67. The van der Waals surface area contributed by atoms with Crippen molar-refractivity contribution < 1.29 is 4.55 Å². The van der Waals surface area contributed by atoms with Crippen LogP contribution in [-0.4, -0.2) is 4.55 Å². The Morgan fingerprint density at radius 3 is 2.78 bits per heavy atom. The van der Waals surface area contributed by atoms with E-state index in [4.69, 9.17) is 0 Å². The summed E-state index contributed by atoms with van der Waals surface area (Å²) in [6, 6.07) is 16.3. The summed E-state index contributed by atoms with van der Waals surface area (Å²) in [7, 11) is 0. The third-order valence-corrected chi connectivity index (χ3v) is 4.80. The van der Waals surface area contributed by atoms with Gasteiger partial charge in [-0.15, -0.1) is 0 Å². The average Bonchev–Trinajstić information content (AvgIpc) is 2.77. The number of aryl methyl sites for hydroxylation is 1. The zero-order valence-electron chi connectivity index (χ0n) is 10.3. The van der Waals surface area contributed by atoms with Crippen LogP contribution in [0.5, 0.6) is 0 Å². The normalized spacial score (nSPS) is 17.9. The summed E-state index contributed by atoms with van der Waals surface area (Å²) in [5, 5.41) is 0. The van der Waals surface area contributed by atoms with Gasteiger partial charge in [-0.2, -0.15) is 4.31 Å². The maximum Gasteiger partial charge on any atom is 0.185 e. The molecule has 0 bridgehead atoms. The van der Waals surface area contributed by atoms with Gasteiger partial charge in [0.2, 0.25) is 0 Å². The number of benzene rings is 2. The first-order chi connectivity index (χ1) is 8.79. The molecule has 0 N–H and O–H groups in total. The van der Waals surface area contributed by atoms with E-state index in [1.54, 1.807) is 0 Å².